The second kappa shape index (κ2) is 6.46. The lowest BCUT2D eigenvalue weighted by molar-refractivity contribution is 0.608. The fourth-order valence-corrected chi connectivity index (χ4v) is 1.71. The van der Waals surface area contributed by atoms with Gasteiger partial charge in [-0.25, -0.2) is 4.98 Å². The van der Waals surface area contributed by atoms with Crippen molar-refractivity contribution in [3.8, 4) is 12.1 Å². The Hall–Kier alpha value is -2.27. The van der Waals surface area contributed by atoms with Crippen LogP contribution in [0.5, 0.6) is 0 Å². The van der Waals surface area contributed by atoms with Gasteiger partial charge in [0.1, 0.15) is 6.07 Å². The first-order valence-corrected chi connectivity index (χ1v) is 5.86. The Morgan fingerprint density at radius 1 is 1.44 bits per heavy atom. The zero-order valence-electron chi connectivity index (χ0n) is 10.7. The SMILES string of the molecule is CC(C)CN(CCC#N)c1ncc(C#N)cc1N. The lowest BCUT2D eigenvalue weighted by atomic mass is 10.2. The summed E-state index contributed by atoms with van der Waals surface area (Å²) in [6, 6.07) is 5.74. The lowest BCUT2D eigenvalue weighted by Crippen LogP contribution is -2.30. The maximum atomic E-state index is 8.78. The summed E-state index contributed by atoms with van der Waals surface area (Å²) < 4.78 is 0. The number of anilines is 2. The number of nitrogens with two attached hydrogens (primary N) is 1. The first-order chi connectivity index (χ1) is 8.58. The van der Waals surface area contributed by atoms with Gasteiger partial charge in [0.05, 0.1) is 23.7 Å². The molecule has 2 N–H and O–H groups in total. The second-order valence-electron chi connectivity index (χ2n) is 4.50. The fourth-order valence-electron chi connectivity index (χ4n) is 1.71. The minimum absolute atomic E-state index is 0.424. The Kier molecular flexibility index (Phi) is 4.95. The molecule has 1 aromatic heterocycles. The van der Waals surface area contributed by atoms with Crippen LogP contribution in [0.25, 0.3) is 0 Å². The molecule has 0 spiro atoms. The lowest BCUT2D eigenvalue weighted by Gasteiger charge is -2.25. The van der Waals surface area contributed by atoms with E-state index in [1.165, 1.54) is 6.20 Å². The fraction of sp³-hybridized carbons (Fsp3) is 0.462. The monoisotopic (exact) mass is 243 g/mol. The number of nitrogen functional groups attached to an aromatic ring is 1. The quantitative estimate of drug-likeness (QED) is 0.853. The highest BCUT2D eigenvalue weighted by Gasteiger charge is 2.13. The van der Waals surface area contributed by atoms with Crippen LogP contribution >= 0.6 is 0 Å². The van der Waals surface area contributed by atoms with Crippen LogP contribution in [0.15, 0.2) is 12.3 Å². The Morgan fingerprint density at radius 2 is 2.17 bits per heavy atom. The van der Waals surface area contributed by atoms with Crippen molar-refractivity contribution >= 4 is 11.5 Å². The molecule has 0 fully saturated rings. The van der Waals surface area contributed by atoms with Gasteiger partial charge < -0.3 is 10.6 Å². The molecule has 1 aromatic rings. The largest absolute Gasteiger partial charge is 0.396 e. The molecule has 0 radical (unpaired) electrons. The van der Waals surface area contributed by atoms with E-state index in [2.05, 4.69) is 24.9 Å². The van der Waals surface area contributed by atoms with Crippen LogP contribution in [-0.4, -0.2) is 18.1 Å². The smallest absolute Gasteiger partial charge is 0.151 e. The molecule has 0 bridgehead atoms. The highest BCUT2D eigenvalue weighted by atomic mass is 15.2. The van der Waals surface area contributed by atoms with Gasteiger partial charge in [0.2, 0.25) is 0 Å². The molecule has 5 nitrogen and oxygen atoms in total. The Morgan fingerprint density at radius 3 is 2.67 bits per heavy atom. The molecule has 0 aliphatic heterocycles. The molecule has 0 aliphatic rings. The number of aromatic nitrogens is 1. The molecule has 18 heavy (non-hydrogen) atoms. The van der Waals surface area contributed by atoms with E-state index in [0.717, 1.165) is 6.54 Å². The van der Waals surface area contributed by atoms with Crippen LogP contribution in [0.2, 0.25) is 0 Å². The number of hydrogen-bond donors (Lipinski definition) is 1. The first-order valence-electron chi connectivity index (χ1n) is 5.86. The predicted octanol–water partition coefficient (Wildman–Crippen LogP) is 1.91. The van der Waals surface area contributed by atoms with Crippen LogP contribution in [-0.2, 0) is 0 Å². The Bertz CT molecular complexity index is 481. The number of nitriles is 2. The van der Waals surface area contributed by atoms with E-state index in [1.54, 1.807) is 6.07 Å². The third-order valence-corrected chi connectivity index (χ3v) is 2.40. The minimum atomic E-state index is 0.424. The zero-order chi connectivity index (χ0) is 13.5. The topological polar surface area (TPSA) is 89.7 Å². The molecule has 0 saturated heterocycles. The summed E-state index contributed by atoms with van der Waals surface area (Å²) in [6.07, 6.45) is 1.93. The van der Waals surface area contributed by atoms with Crippen LogP contribution in [0.3, 0.4) is 0 Å². The van der Waals surface area contributed by atoms with E-state index in [-0.39, 0.29) is 0 Å². The molecule has 5 heteroatoms. The molecule has 0 aromatic carbocycles. The number of nitrogens with zero attached hydrogens (tertiary/aromatic N) is 4. The molecule has 0 atom stereocenters. The van der Waals surface area contributed by atoms with Crippen molar-refractivity contribution in [1.82, 2.24) is 4.98 Å². The Labute approximate surface area is 107 Å². The molecule has 0 amide bonds. The molecule has 1 rings (SSSR count). The van der Waals surface area contributed by atoms with Crippen LogP contribution < -0.4 is 10.6 Å². The molecule has 0 unspecified atom stereocenters. The molecule has 1 heterocycles. The highest BCUT2D eigenvalue weighted by Crippen LogP contribution is 2.22. The van der Waals surface area contributed by atoms with Crippen molar-refractivity contribution in [2.45, 2.75) is 20.3 Å². The molecular weight excluding hydrogens is 226 g/mol. The molecular formula is C13H17N5. The molecule has 0 saturated carbocycles. The summed E-state index contributed by atoms with van der Waals surface area (Å²) in [7, 11) is 0. The van der Waals surface area contributed by atoms with E-state index in [4.69, 9.17) is 16.3 Å². The Balaban J connectivity index is 2.98. The normalized spacial score (nSPS) is 9.83. The van der Waals surface area contributed by atoms with E-state index in [0.29, 0.717) is 36.0 Å². The average molecular weight is 243 g/mol. The maximum absolute atomic E-state index is 8.78. The van der Waals surface area contributed by atoms with Crippen LogP contribution in [0, 0.1) is 28.6 Å². The van der Waals surface area contributed by atoms with Gasteiger partial charge >= 0.3 is 0 Å². The predicted molar refractivity (Wildman–Crippen MR) is 70.6 cm³/mol. The minimum Gasteiger partial charge on any atom is -0.396 e. The van der Waals surface area contributed by atoms with E-state index in [1.807, 2.05) is 11.0 Å². The van der Waals surface area contributed by atoms with Crippen molar-refractivity contribution in [3.05, 3.63) is 17.8 Å². The summed E-state index contributed by atoms with van der Waals surface area (Å²) in [5, 5.41) is 17.5. The summed E-state index contributed by atoms with van der Waals surface area (Å²) in [6.45, 7) is 5.57. The molecule has 0 aliphatic carbocycles. The average Bonchev–Trinajstić information content (AvgIpc) is 2.34. The van der Waals surface area contributed by atoms with Gasteiger partial charge in [-0.05, 0) is 12.0 Å². The van der Waals surface area contributed by atoms with Crippen molar-refractivity contribution in [2.24, 2.45) is 5.92 Å². The molecule has 94 valence electrons. The highest BCUT2D eigenvalue weighted by molar-refractivity contribution is 5.64. The standard InChI is InChI=1S/C13H17N5/c1-10(2)9-18(5-3-4-14)13-12(16)6-11(7-15)8-17-13/h6,8,10H,3,5,9,16H2,1-2H3. The number of hydrogen-bond acceptors (Lipinski definition) is 5. The van der Waals surface area contributed by atoms with E-state index >= 15 is 0 Å². The van der Waals surface area contributed by atoms with Gasteiger partial charge in [0.15, 0.2) is 5.82 Å². The summed E-state index contributed by atoms with van der Waals surface area (Å²) >= 11 is 0. The first kappa shape index (κ1) is 13.8. The summed E-state index contributed by atoms with van der Waals surface area (Å²) in [5.41, 5.74) is 6.83. The van der Waals surface area contributed by atoms with Gasteiger partial charge in [0, 0.05) is 19.3 Å². The van der Waals surface area contributed by atoms with Crippen molar-refractivity contribution in [2.75, 3.05) is 23.7 Å². The van der Waals surface area contributed by atoms with Crippen molar-refractivity contribution in [3.63, 3.8) is 0 Å². The van der Waals surface area contributed by atoms with E-state index < -0.39 is 0 Å². The van der Waals surface area contributed by atoms with Crippen LogP contribution in [0.4, 0.5) is 11.5 Å². The maximum Gasteiger partial charge on any atom is 0.151 e. The van der Waals surface area contributed by atoms with Crippen molar-refractivity contribution < 1.29 is 0 Å². The van der Waals surface area contributed by atoms with Gasteiger partial charge in [0.25, 0.3) is 0 Å². The number of rotatable bonds is 5. The third-order valence-electron chi connectivity index (χ3n) is 2.40. The second-order valence-corrected chi connectivity index (χ2v) is 4.50. The zero-order valence-corrected chi connectivity index (χ0v) is 10.7. The van der Waals surface area contributed by atoms with Crippen molar-refractivity contribution in [1.29, 1.82) is 10.5 Å². The summed E-state index contributed by atoms with van der Waals surface area (Å²) in [4.78, 5) is 6.21. The third kappa shape index (κ3) is 3.64. The van der Waals surface area contributed by atoms with Gasteiger partial charge in [-0.3, -0.25) is 0 Å². The van der Waals surface area contributed by atoms with Gasteiger partial charge in [-0.1, -0.05) is 13.8 Å². The van der Waals surface area contributed by atoms with Gasteiger partial charge in [-0.2, -0.15) is 10.5 Å². The van der Waals surface area contributed by atoms with E-state index in [9.17, 15) is 0 Å². The van der Waals surface area contributed by atoms with Gasteiger partial charge in [-0.15, -0.1) is 0 Å². The van der Waals surface area contributed by atoms with Crippen LogP contribution in [0.1, 0.15) is 25.8 Å². The summed E-state index contributed by atoms with van der Waals surface area (Å²) in [5.74, 6) is 1.10. The number of pyridine rings is 1.